The summed E-state index contributed by atoms with van der Waals surface area (Å²) >= 11 is 0. The highest BCUT2D eigenvalue weighted by molar-refractivity contribution is 5.79. The van der Waals surface area contributed by atoms with Gasteiger partial charge in [0.05, 0.1) is 19.8 Å². The summed E-state index contributed by atoms with van der Waals surface area (Å²) in [5.74, 6) is 0.857. The first-order chi connectivity index (χ1) is 12.3. The lowest BCUT2D eigenvalue weighted by atomic mass is 10.1. The molecule has 0 spiro atoms. The molecule has 2 N–H and O–H groups in total. The van der Waals surface area contributed by atoms with Crippen LogP contribution < -0.4 is 10.6 Å². The predicted octanol–water partition coefficient (Wildman–Crippen LogP) is 1.61. The van der Waals surface area contributed by atoms with E-state index in [2.05, 4.69) is 51.7 Å². The zero-order valence-corrected chi connectivity index (χ0v) is 15.6. The Labute approximate surface area is 151 Å². The van der Waals surface area contributed by atoms with Crippen molar-refractivity contribution in [2.75, 3.05) is 53.1 Å². The molecule has 0 saturated carbocycles. The lowest BCUT2D eigenvalue weighted by Crippen LogP contribution is -2.38. The molecule has 1 saturated heterocycles. The van der Waals surface area contributed by atoms with Crippen molar-refractivity contribution < 1.29 is 9.47 Å². The third-order valence-electron chi connectivity index (χ3n) is 4.11. The average molecular weight is 348 g/mol. The smallest absolute Gasteiger partial charge is 0.191 e. The second kappa shape index (κ2) is 11.8. The fourth-order valence-electron chi connectivity index (χ4n) is 2.70. The molecule has 1 aromatic rings. The summed E-state index contributed by atoms with van der Waals surface area (Å²) in [7, 11) is 1.72. The lowest BCUT2D eigenvalue weighted by molar-refractivity contribution is 0.0342. The molecule has 1 fully saturated rings. The minimum Gasteiger partial charge on any atom is -0.385 e. The zero-order valence-electron chi connectivity index (χ0n) is 15.6. The lowest BCUT2D eigenvalue weighted by Gasteiger charge is -2.26. The van der Waals surface area contributed by atoms with E-state index in [0.29, 0.717) is 6.54 Å². The summed E-state index contributed by atoms with van der Waals surface area (Å²) in [5.41, 5.74) is 2.57. The number of methoxy groups -OCH3 is 1. The first-order valence-corrected chi connectivity index (χ1v) is 9.21. The Morgan fingerprint density at radius 3 is 2.56 bits per heavy atom. The van der Waals surface area contributed by atoms with Gasteiger partial charge < -0.3 is 20.1 Å². The van der Waals surface area contributed by atoms with Gasteiger partial charge in [-0.3, -0.25) is 4.90 Å². The Bertz CT molecular complexity index is 499. The molecule has 140 valence electrons. The maximum absolute atomic E-state index is 5.40. The summed E-state index contributed by atoms with van der Waals surface area (Å²) in [4.78, 5) is 7.09. The maximum Gasteiger partial charge on any atom is 0.191 e. The highest BCUT2D eigenvalue weighted by atomic mass is 16.5. The van der Waals surface area contributed by atoms with Crippen molar-refractivity contribution in [2.45, 2.75) is 26.4 Å². The second-order valence-corrected chi connectivity index (χ2v) is 6.17. The van der Waals surface area contributed by atoms with Crippen molar-refractivity contribution in [3.63, 3.8) is 0 Å². The Morgan fingerprint density at radius 2 is 1.88 bits per heavy atom. The number of ether oxygens (including phenoxy) is 2. The van der Waals surface area contributed by atoms with Gasteiger partial charge in [-0.25, -0.2) is 4.99 Å². The molecule has 1 aliphatic heterocycles. The molecule has 0 bridgehead atoms. The number of hydrogen-bond acceptors (Lipinski definition) is 4. The van der Waals surface area contributed by atoms with Crippen molar-refractivity contribution in [2.24, 2.45) is 4.99 Å². The average Bonchev–Trinajstić information content (AvgIpc) is 2.65. The summed E-state index contributed by atoms with van der Waals surface area (Å²) < 4.78 is 10.5. The van der Waals surface area contributed by atoms with Gasteiger partial charge in [-0.05, 0) is 24.5 Å². The topological polar surface area (TPSA) is 58.1 Å². The summed E-state index contributed by atoms with van der Waals surface area (Å²) in [6, 6.07) is 8.76. The maximum atomic E-state index is 5.40. The van der Waals surface area contributed by atoms with Gasteiger partial charge in [0.1, 0.15) is 0 Å². The quantitative estimate of drug-likeness (QED) is 0.403. The van der Waals surface area contributed by atoms with Gasteiger partial charge in [-0.1, -0.05) is 24.3 Å². The Hall–Kier alpha value is -1.63. The molecule has 1 aromatic carbocycles. The van der Waals surface area contributed by atoms with Gasteiger partial charge >= 0.3 is 0 Å². The molecule has 2 rings (SSSR count). The van der Waals surface area contributed by atoms with Crippen LogP contribution in [0.1, 0.15) is 24.5 Å². The van der Waals surface area contributed by atoms with Gasteiger partial charge in [-0.2, -0.15) is 0 Å². The van der Waals surface area contributed by atoms with Crippen LogP contribution in [0.4, 0.5) is 0 Å². The fourth-order valence-corrected chi connectivity index (χ4v) is 2.70. The molecule has 0 unspecified atom stereocenters. The standard InChI is InChI=1S/C19H32N4O2/c1-3-20-19(21-9-4-12-24-2)22-15-17-5-7-18(8-6-17)16-23-10-13-25-14-11-23/h5-8H,3-4,9-16H2,1-2H3,(H2,20,21,22). The molecule has 0 amide bonds. The van der Waals surface area contributed by atoms with E-state index in [4.69, 9.17) is 9.47 Å². The van der Waals surface area contributed by atoms with E-state index in [9.17, 15) is 0 Å². The Balaban J connectivity index is 1.80. The number of hydrogen-bond donors (Lipinski definition) is 2. The van der Waals surface area contributed by atoms with Crippen molar-refractivity contribution in [1.29, 1.82) is 0 Å². The molecular formula is C19H32N4O2. The Morgan fingerprint density at radius 1 is 1.16 bits per heavy atom. The molecule has 0 aromatic heterocycles. The van der Waals surface area contributed by atoms with Crippen molar-refractivity contribution in [3.8, 4) is 0 Å². The second-order valence-electron chi connectivity index (χ2n) is 6.17. The van der Waals surface area contributed by atoms with Crippen LogP contribution in [0.5, 0.6) is 0 Å². The van der Waals surface area contributed by atoms with Crippen molar-refractivity contribution in [1.82, 2.24) is 15.5 Å². The van der Waals surface area contributed by atoms with Crippen LogP contribution >= 0.6 is 0 Å². The van der Waals surface area contributed by atoms with Gasteiger partial charge in [0.25, 0.3) is 0 Å². The molecule has 0 aliphatic carbocycles. The van der Waals surface area contributed by atoms with Crippen molar-refractivity contribution in [3.05, 3.63) is 35.4 Å². The van der Waals surface area contributed by atoms with Crippen LogP contribution in [0.15, 0.2) is 29.3 Å². The highest BCUT2D eigenvalue weighted by Gasteiger charge is 2.10. The van der Waals surface area contributed by atoms with Gasteiger partial charge in [0, 0.05) is 46.4 Å². The van der Waals surface area contributed by atoms with E-state index in [1.807, 2.05) is 0 Å². The predicted molar refractivity (Wildman–Crippen MR) is 102 cm³/mol. The third kappa shape index (κ3) is 7.86. The van der Waals surface area contributed by atoms with Crippen molar-refractivity contribution >= 4 is 5.96 Å². The van der Waals surface area contributed by atoms with Gasteiger partial charge in [-0.15, -0.1) is 0 Å². The van der Waals surface area contributed by atoms with Gasteiger partial charge in [0.2, 0.25) is 0 Å². The van der Waals surface area contributed by atoms with Gasteiger partial charge in [0.15, 0.2) is 5.96 Å². The van der Waals surface area contributed by atoms with E-state index in [1.165, 1.54) is 11.1 Å². The van der Waals surface area contributed by atoms with Crippen LogP contribution in [-0.2, 0) is 22.6 Å². The van der Waals surface area contributed by atoms with E-state index in [1.54, 1.807) is 7.11 Å². The third-order valence-corrected chi connectivity index (χ3v) is 4.11. The van der Waals surface area contributed by atoms with E-state index < -0.39 is 0 Å². The van der Waals surface area contributed by atoms with Crippen LogP contribution in [0.3, 0.4) is 0 Å². The molecular weight excluding hydrogens is 316 g/mol. The first kappa shape index (κ1) is 19.7. The highest BCUT2D eigenvalue weighted by Crippen LogP contribution is 2.10. The molecule has 1 heterocycles. The van der Waals surface area contributed by atoms with Crippen LogP contribution in [0, 0.1) is 0 Å². The monoisotopic (exact) mass is 348 g/mol. The normalized spacial score (nSPS) is 16.0. The fraction of sp³-hybridized carbons (Fsp3) is 0.632. The number of rotatable bonds is 9. The number of benzene rings is 1. The molecule has 0 radical (unpaired) electrons. The zero-order chi connectivity index (χ0) is 17.7. The summed E-state index contributed by atoms with van der Waals surface area (Å²) in [6.07, 6.45) is 0.969. The number of aliphatic imine (C=N–C) groups is 1. The van der Waals surface area contributed by atoms with E-state index in [0.717, 1.165) is 64.9 Å². The number of morpholine rings is 1. The minimum absolute atomic E-state index is 0.678. The first-order valence-electron chi connectivity index (χ1n) is 9.21. The summed E-state index contributed by atoms with van der Waals surface area (Å²) in [5, 5.41) is 6.61. The SMILES string of the molecule is CCNC(=NCc1ccc(CN2CCOCC2)cc1)NCCCOC. The van der Waals surface area contributed by atoms with Crippen LogP contribution in [0.2, 0.25) is 0 Å². The Kier molecular flexibility index (Phi) is 9.33. The molecule has 0 atom stereocenters. The molecule has 1 aliphatic rings. The summed E-state index contributed by atoms with van der Waals surface area (Å²) in [6.45, 7) is 9.96. The molecule has 6 nitrogen and oxygen atoms in total. The largest absolute Gasteiger partial charge is 0.385 e. The minimum atomic E-state index is 0.678. The molecule has 6 heteroatoms. The number of nitrogens with one attached hydrogen (secondary N) is 2. The van der Waals surface area contributed by atoms with E-state index >= 15 is 0 Å². The van der Waals surface area contributed by atoms with Crippen LogP contribution in [0.25, 0.3) is 0 Å². The van der Waals surface area contributed by atoms with E-state index in [-0.39, 0.29) is 0 Å². The number of guanidine groups is 1. The molecule has 25 heavy (non-hydrogen) atoms. The number of nitrogens with zero attached hydrogens (tertiary/aromatic N) is 2. The van der Waals surface area contributed by atoms with Crippen LogP contribution in [-0.4, -0.2) is 64.0 Å².